The molecule has 0 aliphatic carbocycles. The molecule has 0 heterocycles. The summed E-state index contributed by atoms with van der Waals surface area (Å²) in [4.78, 5) is 11.9. The van der Waals surface area contributed by atoms with E-state index in [0.29, 0.717) is 0 Å². The lowest BCUT2D eigenvalue weighted by Crippen LogP contribution is -2.24. The van der Waals surface area contributed by atoms with Gasteiger partial charge in [0, 0.05) is 14.1 Å². The van der Waals surface area contributed by atoms with Crippen molar-refractivity contribution in [1.82, 2.24) is 0 Å². The largest absolute Gasteiger partial charge is 0.464 e. The molecule has 0 aliphatic heterocycles. The highest BCUT2D eigenvalue weighted by Crippen LogP contribution is 2.12. The molecule has 0 spiro atoms. The van der Waals surface area contributed by atoms with Crippen LogP contribution in [0.15, 0.2) is 70.9 Å². The van der Waals surface area contributed by atoms with Gasteiger partial charge in [-0.3, -0.25) is 10.0 Å². The highest BCUT2D eigenvalue weighted by Gasteiger charge is 2.12. The van der Waals surface area contributed by atoms with Crippen LogP contribution >= 0.6 is 0 Å². The number of nitrogens with zero attached hydrogens (tertiary/aromatic N) is 4. The second-order valence-corrected chi connectivity index (χ2v) is 4.94. The van der Waals surface area contributed by atoms with Gasteiger partial charge in [0.05, 0.1) is 24.7 Å². The van der Waals surface area contributed by atoms with Crippen molar-refractivity contribution in [2.75, 3.05) is 31.2 Å². The molecule has 2 aromatic rings. The molecule has 0 saturated heterocycles. The van der Waals surface area contributed by atoms with Gasteiger partial charge >= 0.3 is 5.97 Å². The van der Waals surface area contributed by atoms with E-state index >= 15 is 0 Å². The van der Waals surface area contributed by atoms with Crippen molar-refractivity contribution in [2.45, 2.75) is 0 Å². The van der Waals surface area contributed by atoms with Crippen LogP contribution in [0, 0.1) is 0 Å². The molecular weight excluding hydrogens is 304 g/mol. The lowest BCUT2D eigenvalue weighted by molar-refractivity contribution is -0.132. The summed E-state index contributed by atoms with van der Waals surface area (Å²) < 4.78 is 4.78. The van der Waals surface area contributed by atoms with Gasteiger partial charge in [-0.2, -0.15) is 10.2 Å². The number of benzene rings is 2. The monoisotopic (exact) mass is 324 g/mol. The van der Waals surface area contributed by atoms with E-state index in [2.05, 4.69) is 10.2 Å². The highest BCUT2D eigenvalue weighted by atomic mass is 16.5. The van der Waals surface area contributed by atoms with E-state index in [-0.39, 0.29) is 5.71 Å². The maximum atomic E-state index is 11.9. The first-order valence-corrected chi connectivity index (χ1v) is 7.40. The van der Waals surface area contributed by atoms with Crippen molar-refractivity contribution < 1.29 is 9.53 Å². The standard InChI is InChI=1S/C18H20N4O2/c1-21(15-10-6-4-7-11-15)19-14-17(18(23)24-3)20-22(2)16-12-8-5-9-13-16/h4-14H,1-3H3/b19-14+,20-17-. The Morgan fingerprint density at radius 1 is 0.917 bits per heavy atom. The Kier molecular flexibility index (Phi) is 6.08. The number of anilines is 2. The number of ether oxygens (including phenoxy) is 1. The van der Waals surface area contributed by atoms with Crippen LogP contribution in [-0.2, 0) is 9.53 Å². The lowest BCUT2D eigenvalue weighted by Gasteiger charge is -2.15. The van der Waals surface area contributed by atoms with Crippen LogP contribution in [0.25, 0.3) is 0 Å². The van der Waals surface area contributed by atoms with E-state index in [0.717, 1.165) is 11.4 Å². The first kappa shape index (κ1) is 17.2. The molecule has 0 bridgehead atoms. The van der Waals surface area contributed by atoms with Gasteiger partial charge in [0.25, 0.3) is 0 Å². The number of hydrogen-bond acceptors (Lipinski definition) is 6. The summed E-state index contributed by atoms with van der Waals surface area (Å²) in [6.45, 7) is 0. The van der Waals surface area contributed by atoms with E-state index < -0.39 is 5.97 Å². The number of hydrazone groups is 2. The molecular formula is C18H20N4O2. The van der Waals surface area contributed by atoms with Gasteiger partial charge < -0.3 is 4.74 Å². The maximum Gasteiger partial charge on any atom is 0.360 e. The summed E-state index contributed by atoms with van der Waals surface area (Å²) in [5.74, 6) is -0.553. The molecule has 0 N–H and O–H groups in total. The molecule has 24 heavy (non-hydrogen) atoms. The van der Waals surface area contributed by atoms with Gasteiger partial charge in [-0.1, -0.05) is 36.4 Å². The first-order chi connectivity index (χ1) is 11.6. The van der Waals surface area contributed by atoms with Crippen molar-refractivity contribution in [3.8, 4) is 0 Å². The second-order valence-electron chi connectivity index (χ2n) is 4.94. The quantitative estimate of drug-likeness (QED) is 0.466. The molecule has 6 heteroatoms. The van der Waals surface area contributed by atoms with Crippen molar-refractivity contribution in [3.05, 3.63) is 60.7 Å². The van der Waals surface area contributed by atoms with Crippen molar-refractivity contribution in [1.29, 1.82) is 0 Å². The fourth-order valence-corrected chi connectivity index (χ4v) is 1.94. The molecule has 124 valence electrons. The van der Waals surface area contributed by atoms with Crippen LogP contribution < -0.4 is 10.0 Å². The van der Waals surface area contributed by atoms with Gasteiger partial charge in [-0.05, 0) is 24.3 Å². The average molecular weight is 324 g/mol. The topological polar surface area (TPSA) is 57.5 Å². The predicted molar refractivity (Wildman–Crippen MR) is 97.6 cm³/mol. The molecule has 2 aromatic carbocycles. The van der Waals surface area contributed by atoms with Gasteiger partial charge in [-0.25, -0.2) is 4.79 Å². The van der Waals surface area contributed by atoms with E-state index in [1.54, 1.807) is 24.1 Å². The zero-order chi connectivity index (χ0) is 17.4. The van der Waals surface area contributed by atoms with Crippen molar-refractivity contribution >= 4 is 29.3 Å². The molecule has 0 atom stereocenters. The average Bonchev–Trinajstić information content (AvgIpc) is 2.65. The van der Waals surface area contributed by atoms with E-state index in [1.807, 2.05) is 60.7 Å². The Labute approximate surface area is 141 Å². The summed E-state index contributed by atoms with van der Waals surface area (Å²) >= 11 is 0. The molecule has 2 rings (SSSR count). The lowest BCUT2D eigenvalue weighted by atomic mass is 10.3. The Balaban J connectivity index is 2.21. The fourth-order valence-electron chi connectivity index (χ4n) is 1.94. The predicted octanol–water partition coefficient (Wildman–Crippen LogP) is 2.77. The summed E-state index contributed by atoms with van der Waals surface area (Å²) in [5, 5.41) is 11.8. The number of rotatable bonds is 6. The minimum Gasteiger partial charge on any atom is -0.464 e. The number of methoxy groups -OCH3 is 1. The summed E-state index contributed by atoms with van der Waals surface area (Å²) in [5.41, 5.74) is 1.85. The Hall–Kier alpha value is -3.15. The van der Waals surface area contributed by atoms with Gasteiger partial charge in [0.2, 0.25) is 0 Å². The number of carbonyl (C=O) groups is 1. The Morgan fingerprint density at radius 2 is 1.42 bits per heavy atom. The van der Waals surface area contributed by atoms with Crippen LogP contribution in [0.4, 0.5) is 11.4 Å². The molecule has 6 nitrogen and oxygen atoms in total. The van der Waals surface area contributed by atoms with Crippen LogP contribution in [0.1, 0.15) is 0 Å². The summed E-state index contributed by atoms with van der Waals surface area (Å²) in [6.07, 6.45) is 1.39. The van der Waals surface area contributed by atoms with Crippen LogP contribution in [0.2, 0.25) is 0 Å². The smallest absolute Gasteiger partial charge is 0.360 e. The Bertz CT molecular complexity index is 714. The van der Waals surface area contributed by atoms with Gasteiger partial charge in [-0.15, -0.1) is 0 Å². The van der Waals surface area contributed by atoms with Crippen molar-refractivity contribution in [2.24, 2.45) is 10.2 Å². The molecule has 0 aromatic heterocycles. The number of carbonyl (C=O) groups excluding carboxylic acids is 1. The van der Waals surface area contributed by atoms with Gasteiger partial charge in [0.15, 0.2) is 5.71 Å². The molecule has 0 aliphatic rings. The third-order valence-corrected chi connectivity index (χ3v) is 3.27. The van der Waals surface area contributed by atoms with Gasteiger partial charge in [0.1, 0.15) is 0 Å². The van der Waals surface area contributed by atoms with E-state index in [9.17, 15) is 4.79 Å². The third kappa shape index (κ3) is 4.67. The van der Waals surface area contributed by atoms with Crippen LogP contribution in [-0.4, -0.2) is 39.1 Å². The maximum absolute atomic E-state index is 11.9. The number of hydrogen-bond donors (Lipinski definition) is 0. The second kappa shape index (κ2) is 8.47. The molecule has 0 amide bonds. The normalized spacial score (nSPS) is 11.4. The van der Waals surface area contributed by atoms with Crippen LogP contribution in [0.5, 0.6) is 0 Å². The highest BCUT2D eigenvalue weighted by molar-refractivity contribution is 6.59. The van der Waals surface area contributed by atoms with E-state index in [1.165, 1.54) is 13.3 Å². The van der Waals surface area contributed by atoms with Crippen molar-refractivity contribution in [3.63, 3.8) is 0 Å². The molecule has 0 saturated carbocycles. The molecule has 0 unspecified atom stereocenters. The summed E-state index contributed by atoms with van der Waals surface area (Å²) in [7, 11) is 4.86. The summed E-state index contributed by atoms with van der Waals surface area (Å²) in [6, 6.07) is 19.1. The molecule has 0 fully saturated rings. The van der Waals surface area contributed by atoms with Crippen LogP contribution in [0.3, 0.4) is 0 Å². The third-order valence-electron chi connectivity index (χ3n) is 3.27. The zero-order valence-electron chi connectivity index (χ0n) is 14.0. The number of esters is 1. The number of para-hydroxylation sites is 2. The minimum absolute atomic E-state index is 0.103. The van der Waals surface area contributed by atoms with E-state index in [4.69, 9.17) is 4.74 Å². The zero-order valence-corrected chi connectivity index (χ0v) is 14.0. The minimum atomic E-state index is -0.553. The fraction of sp³-hybridized carbons (Fsp3) is 0.167. The molecule has 0 radical (unpaired) electrons. The Morgan fingerprint density at radius 3 is 1.92 bits per heavy atom. The SMILES string of the molecule is COC(=O)C(/C=N/N(C)c1ccccc1)=N\N(C)c1ccccc1. The first-order valence-electron chi connectivity index (χ1n) is 7.40.